The van der Waals surface area contributed by atoms with Crippen molar-refractivity contribution < 1.29 is 24.0 Å². The number of amides is 4. The largest absolute Gasteiger partial charge is 0.356 e. The first-order valence-electron chi connectivity index (χ1n) is 13.6. The summed E-state index contributed by atoms with van der Waals surface area (Å²) in [5.41, 5.74) is 1.85. The Morgan fingerprint density at radius 1 is 1.05 bits per heavy atom. The molecule has 2 aromatic rings. The number of nitrogens with one attached hydrogen (secondary N) is 3. The van der Waals surface area contributed by atoms with E-state index in [9.17, 15) is 24.0 Å². The summed E-state index contributed by atoms with van der Waals surface area (Å²) in [4.78, 5) is 67.6. The molecule has 1 aliphatic carbocycles. The van der Waals surface area contributed by atoms with E-state index in [1.54, 1.807) is 18.2 Å². The highest BCUT2D eigenvalue weighted by atomic mass is 35.5. The molecule has 2 fully saturated rings. The van der Waals surface area contributed by atoms with Crippen LogP contribution >= 0.6 is 35.0 Å². The van der Waals surface area contributed by atoms with Gasteiger partial charge < -0.3 is 20.9 Å². The number of fused-ring (bicyclic) bond motifs is 1. The topological polar surface area (TPSA) is 125 Å². The van der Waals surface area contributed by atoms with E-state index in [-0.39, 0.29) is 43.0 Å². The van der Waals surface area contributed by atoms with E-state index in [1.165, 1.54) is 16.7 Å². The first-order chi connectivity index (χ1) is 19.7. The average Bonchev–Trinajstić information content (AvgIpc) is 3.69. The van der Waals surface area contributed by atoms with Crippen LogP contribution in [0.5, 0.6) is 0 Å². The van der Waals surface area contributed by atoms with Crippen LogP contribution in [0.2, 0.25) is 10.0 Å². The van der Waals surface area contributed by atoms with Crippen molar-refractivity contribution in [2.75, 3.05) is 12.3 Å². The predicted molar refractivity (Wildman–Crippen MR) is 156 cm³/mol. The normalized spacial score (nSPS) is 20.5. The third kappa shape index (κ3) is 7.23. The second-order valence-electron chi connectivity index (χ2n) is 10.6. The van der Waals surface area contributed by atoms with E-state index >= 15 is 0 Å². The van der Waals surface area contributed by atoms with Gasteiger partial charge in [-0.2, -0.15) is 0 Å². The lowest BCUT2D eigenvalue weighted by atomic mass is 9.92. The first kappa shape index (κ1) is 29.4. The number of Topliss-reactive ketones (excluding diaryl/α,β-unsaturated/α-hetero) is 1. The maximum atomic E-state index is 13.8. The number of nitrogens with zero attached hydrogens (tertiary/aromatic N) is 1. The van der Waals surface area contributed by atoms with Gasteiger partial charge in [0.15, 0.2) is 0 Å². The van der Waals surface area contributed by atoms with Crippen molar-refractivity contribution in [3.8, 4) is 0 Å². The van der Waals surface area contributed by atoms with Gasteiger partial charge in [-0.25, -0.2) is 0 Å². The minimum absolute atomic E-state index is 0.0106. The van der Waals surface area contributed by atoms with Gasteiger partial charge >= 0.3 is 0 Å². The maximum absolute atomic E-state index is 13.8. The van der Waals surface area contributed by atoms with Crippen molar-refractivity contribution in [3.05, 3.63) is 63.6 Å². The van der Waals surface area contributed by atoms with Gasteiger partial charge in [-0.05, 0) is 55.0 Å². The van der Waals surface area contributed by atoms with Crippen LogP contribution in [-0.4, -0.2) is 64.7 Å². The standard InChI is InChI=1S/C29H30Cl2N4O5S/c30-19-5-8-24(21(31)13-19)41-15-25(36)35-14-18-4-2-1-3-16(18)12-23(35)28(39)34-22(11-17-9-10-32-27(17)38)26(37)29(40)33-20-6-7-20/h1-5,8,13,17,20,22-23H,6-7,9-12,14-15H2,(H,32,38)(H,33,40)(H,34,39)/t17-,22-,23-/m0/s1. The van der Waals surface area contributed by atoms with Gasteiger partial charge in [-0.15, -0.1) is 11.8 Å². The van der Waals surface area contributed by atoms with E-state index in [1.807, 2.05) is 24.3 Å². The van der Waals surface area contributed by atoms with Crippen molar-refractivity contribution >= 4 is 64.4 Å². The van der Waals surface area contributed by atoms with Crippen LogP contribution in [0.25, 0.3) is 0 Å². The van der Waals surface area contributed by atoms with Gasteiger partial charge in [0.05, 0.1) is 16.8 Å². The quantitative estimate of drug-likeness (QED) is 0.278. The molecule has 0 bridgehead atoms. The van der Waals surface area contributed by atoms with Crippen LogP contribution in [0, 0.1) is 5.92 Å². The van der Waals surface area contributed by atoms with Crippen molar-refractivity contribution in [1.82, 2.24) is 20.9 Å². The second-order valence-corrected chi connectivity index (χ2v) is 12.4. The van der Waals surface area contributed by atoms with Gasteiger partial charge in [0.2, 0.25) is 23.5 Å². The number of hydrogen-bond acceptors (Lipinski definition) is 6. The number of carbonyl (C=O) groups excluding carboxylic acids is 5. The predicted octanol–water partition coefficient (Wildman–Crippen LogP) is 2.90. The molecule has 5 rings (SSSR count). The summed E-state index contributed by atoms with van der Waals surface area (Å²) >= 11 is 13.5. The SMILES string of the molecule is O=C(NC1CC1)C(=O)[C@H](C[C@@H]1CCNC1=O)NC(=O)[C@@H]1Cc2ccccc2CN1C(=O)CSc1ccc(Cl)cc1Cl. The number of hydrogen-bond donors (Lipinski definition) is 3. The molecule has 1 saturated carbocycles. The summed E-state index contributed by atoms with van der Waals surface area (Å²) < 4.78 is 0. The lowest BCUT2D eigenvalue weighted by Crippen LogP contribution is -2.57. The summed E-state index contributed by atoms with van der Waals surface area (Å²) in [6.07, 6.45) is 2.38. The van der Waals surface area contributed by atoms with Gasteiger partial charge in [0.1, 0.15) is 6.04 Å². The minimum Gasteiger partial charge on any atom is -0.356 e. The summed E-state index contributed by atoms with van der Waals surface area (Å²) in [5, 5.41) is 9.07. The fourth-order valence-corrected chi connectivity index (χ4v) is 6.51. The highest BCUT2D eigenvalue weighted by Gasteiger charge is 2.40. The third-order valence-electron chi connectivity index (χ3n) is 7.57. The number of rotatable bonds is 10. The molecule has 3 atom stereocenters. The van der Waals surface area contributed by atoms with Crippen molar-refractivity contribution in [1.29, 1.82) is 0 Å². The monoisotopic (exact) mass is 616 g/mol. The molecule has 0 radical (unpaired) electrons. The maximum Gasteiger partial charge on any atom is 0.289 e. The molecule has 216 valence electrons. The molecule has 2 aliphatic heterocycles. The molecule has 0 spiro atoms. The molecule has 2 aromatic carbocycles. The van der Waals surface area contributed by atoms with Gasteiger partial charge in [0.25, 0.3) is 5.91 Å². The number of benzene rings is 2. The van der Waals surface area contributed by atoms with E-state index in [0.717, 1.165) is 24.0 Å². The summed E-state index contributed by atoms with van der Waals surface area (Å²) in [6.45, 7) is 0.692. The summed E-state index contributed by atoms with van der Waals surface area (Å²) in [5.74, 6) is -3.05. The zero-order chi connectivity index (χ0) is 29.1. The molecule has 0 unspecified atom stereocenters. The highest BCUT2D eigenvalue weighted by molar-refractivity contribution is 8.00. The molecule has 3 aliphatic rings. The fraction of sp³-hybridized carbons (Fsp3) is 0.414. The summed E-state index contributed by atoms with van der Waals surface area (Å²) in [7, 11) is 0. The average molecular weight is 618 g/mol. The van der Waals surface area contributed by atoms with Crippen LogP contribution in [0.1, 0.15) is 36.8 Å². The molecule has 12 heteroatoms. The number of carbonyl (C=O) groups is 5. The third-order valence-corrected chi connectivity index (χ3v) is 9.29. The van der Waals surface area contributed by atoms with Crippen LogP contribution in [0.15, 0.2) is 47.4 Å². The van der Waals surface area contributed by atoms with Crippen LogP contribution in [0.4, 0.5) is 0 Å². The molecule has 3 N–H and O–H groups in total. The zero-order valence-corrected chi connectivity index (χ0v) is 24.5. The van der Waals surface area contributed by atoms with Gasteiger partial charge in [-0.3, -0.25) is 24.0 Å². The lowest BCUT2D eigenvalue weighted by molar-refractivity contribution is -0.143. The van der Waals surface area contributed by atoms with Crippen LogP contribution in [-0.2, 0) is 36.9 Å². The van der Waals surface area contributed by atoms with E-state index in [0.29, 0.717) is 27.9 Å². The van der Waals surface area contributed by atoms with E-state index in [4.69, 9.17) is 23.2 Å². The Kier molecular flexibility index (Phi) is 9.21. The smallest absolute Gasteiger partial charge is 0.289 e. The zero-order valence-electron chi connectivity index (χ0n) is 22.2. The second kappa shape index (κ2) is 12.8. The van der Waals surface area contributed by atoms with Crippen LogP contribution in [0.3, 0.4) is 0 Å². The molecule has 2 heterocycles. The highest BCUT2D eigenvalue weighted by Crippen LogP contribution is 2.31. The Labute approximate surface area is 252 Å². The lowest BCUT2D eigenvalue weighted by Gasteiger charge is -2.36. The molecule has 0 aromatic heterocycles. The Morgan fingerprint density at radius 2 is 1.80 bits per heavy atom. The summed E-state index contributed by atoms with van der Waals surface area (Å²) in [6, 6.07) is 10.5. The van der Waals surface area contributed by atoms with Crippen molar-refractivity contribution in [3.63, 3.8) is 0 Å². The van der Waals surface area contributed by atoms with Gasteiger partial charge in [0, 0.05) is 41.4 Å². The molecular formula is C29H30Cl2N4O5S. The Hall–Kier alpha value is -3.08. The van der Waals surface area contributed by atoms with Gasteiger partial charge in [-0.1, -0.05) is 47.5 Å². The van der Waals surface area contributed by atoms with E-state index in [2.05, 4.69) is 16.0 Å². The number of thioether (sulfide) groups is 1. The Balaban J connectivity index is 1.34. The van der Waals surface area contributed by atoms with Crippen LogP contribution < -0.4 is 16.0 Å². The van der Waals surface area contributed by atoms with Crippen molar-refractivity contribution in [2.24, 2.45) is 5.92 Å². The molecule has 4 amide bonds. The molecular weight excluding hydrogens is 587 g/mol. The van der Waals surface area contributed by atoms with Crippen molar-refractivity contribution in [2.45, 2.75) is 61.7 Å². The molecule has 1 saturated heterocycles. The first-order valence-corrected chi connectivity index (χ1v) is 15.3. The number of halogens is 2. The Morgan fingerprint density at radius 3 is 2.49 bits per heavy atom. The van der Waals surface area contributed by atoms with E-state index < -0.39 is 35.6 Å². The fourth-order valence-electron chi connectivity index (χ4n) is 5.13. The molecule has 9 nitrogen and oxygen atoms in total. The minimum atomic E-state index is -1.19. The number of ketones is 1. The Bertz CT molecular complexity index is 1380. The molecule has 41 heavy (non-hydrogen) atoms.